The molecule has 7 heterocycles. The Balaban J connectivity index is 1.23. The van der Waals surface area contributed by atoms with Crippen molar-refractivity contribution in [3.8, 4) is 6.01 Å². The molecule has 244 valence electrons. The van der Waals surface area contributed by atoms with Crippen LogP contribution >= 0.6 is 11.6 Å². The zero-order valence-electron chi connectivity index (χ0n) is 26.0. The fraction of sp³-hybridized carbons (Fsp3) is 0.441. The summed E-state index contributed by atoms with van der Waals surface area (Å²) >= 11 is 6.29. The molecule has 4 atom stereocenters. The molecule has 2 aromatic carbocycles. The number of anilines is 1. The van der Waals surface area contributed by atoms with E-state index in [1.807, 2.05) is 35.2 Å². The van der Waals surface area contributed by atoms with Crippen molar-refractivity contribution in [3.05, 3.63) is 53.3 Å². The topological polar surface area (TPSA) is 136 Å². The Morgan fingerprint density at radius 1 is 1.06 bits per heavy atom. The maximum absolute atomic E-state index is 13.2. The number of piperidine rings is 1. The zero-order valence-corrected chi connectivity index (χ0v) is 26.7. The summed E-state index contributed by atoms with van der Waals surface area (Å²) in [6.07, 6.45) is 1.92. The van der Waals surface area contributed by atoms with Gasteiger partial charge in [-0.2, -0.15) is 4.98 Å². The molecule has 3 aromatic heterocycles. The van der Waals surface area contributed by atoms with Gasteiger partial charge in [-0.25, -0.2) is 14.8 Å². The fourth-order valence-corrected chi connectivity index (χ4v) is 7.53. The number of ether oxygens (including phenoxy) is 2. The summed E-state index contributed by atoms with van der Waals surface area (Å²) in [6, 6.07) is 12.9. The van der Waals surface area contributed by atoms with Gasteiger partial charge in [0.25, 0.3) is 6.01 Å². The first-order chi connectivity index (χ1) is 22.8. The summed E-state index contributed by atoms with van der Waals surface area (Å²) in [5, 5.41) is 11.7. The van der Waals surface area contributed by atoms with Gasteiger partial charge in [-0.1, -0.05) is 30.7 Å². The van der Waals surface area contributed by atoms with E-state index in [4.69, 9.17) is 40.4 Å². The van der Waals surface area contributed by atoms with E-state index in [0.717, 1.165) is 22.8 Å². The molecular weight excluding hydrogens is 624 g/mol. The second kappa shape index (κ2) is 12.0. The molecule has 4 aliphatic heterocycles. The number of furan rings is 1. The first kappa shape index (κ1) is 29.9. The van der Waals surface area contributed by atoms with Crippen molar-refractivity contribution in [2.24, 2.45) is 5.92 Å². The standard InChI is InChI=1S/C34H35ClN6O6/c1-19-17-39-12-10-24(19)41-25-6-3-2-5-23(25)36-34(41)46-21-16-26(33(43)44)40(18-21)32-31-30(22-9-8-20(35)15-27(22)47-31)37-28(38-32)11-14-45-13-4-7-29(39)42/h2-3,5-6,8-9,15,19,21,24,26H,4,7,10-14,16-18H2,1H3,(H,43,44)/t19-,21-,24-,26-/m0/s1. The van der Waals surface area contributed by atoms with Gasteiger partial charge in [0.05, 0.1) is 24.2 Å². The van der Waals surface area contributed by atoms with Crippen LogP contribution in [0.25, 0.3) is 33.1 Å². The number of hydrogen-bond acceptors (Lipinski definition) is 9. The van der Waals surface area contributed by atoms with Gasteiger partial charge in [-0.15, -0.1) is 0 Å². The average Bonchev–Trinajstić information content (AvgIpc) is 3.75. The molecule has 47 heavy (non-hydrogen) atoms. The Kier molecular flexibility index (Phi) is 7.64. The lowest BCUT2D eigenvalue weighted by atomic mass is 9.93. The summed E-state index contributed by atoms with van der Waals surface area (Å²) in [5.74, 6) is 0.199. The minimum Gasteiger partial charge on any atom is -0.480 e. The monoisotopic (exact) mass is 658 g/mol. The van der Waals surface area contributed by atoms with Crippen LogP contribution in [0.15, 0.2) is 46.9 Å². The first-order valence-corrected chi connectivity index (χ1v) is 16.6. The van der Waals surface area contributed by atoms with Crippen molar-refractivity contribution in [3.63, 3.8) is 0 Å². The van der Waals surface area contributed by atoms with Gasteiger partial charge in [0.15, 0.2) is 11.4 Å². The lowest BCUT2D eigenvalue weighted by Crippen LogP contribution is -2.43. The number of benzene rings is 2. The maximum Gasteiger partial charge on any atom is 0.326 e. The number of carboxylic acids is 1. The van der Waals surface area contributed by atoms with E-state index in [9.17, 15) is 14.7 Å². The van der Waals surface area contributed by atoms with Crippen molar-refractivity contribution < 1.29 is 28.6 Å². The van der Waals surface area contributed by atoms with Crippen LogP contribution in [0.3, 0.4) is 0 Å². The van der Waals surface area contributed by atoms with E-state index < -0.39 is 18.1 Å². The summed E-state index contributed by atoms with van der Waals surface area (Å²) in [7, 11) is 0. The summed E-state index contributed by atoms with van der Waals surface area (Å²) in [4.78, 5) is 44.2. The number of halogens is 1. The third-order valence-electron chi connectivity index (χ3n) is 9.65. The molecule has 1 amide bonds. The Labute approximate surface area is 275 Å². The van der Waals surface area contributed by atoms with Gasteiger partial charge >= 0.3 is 5.97 Å². The lowest BCUT2D eigenvalue weighted by molar-refractivity contribution is -0.138. The summed E-state index contributed by atoms with van der Waals surface area (Å²) in [5.41, 5.74) is 3.27. The van der Waals surface area contributed by atoms with Gasteiger partial charge in [0, 0.05) is 61.5 Å². The third-order valence-corrected chi connectivity index (χ3v) is 9.89. The second-order valence-electron chi connectivity index (χ2n) is 12.8. The number of rotatable bonds is 1. The number of aliphatic carboxylic acids is 1. The van der Waals surface area contributed by atoms with Gasteiger partial charge in [-0.05, 0) is 43.0 Å². The Hall–Kier alpha value is -4.42. The summed E-state index contributed by atoms with van der Waals surface area (Å²) < 4.78 is 21.0. The van der Waals surface area contributed by atoms with Gasteiger partial charge in [-0.3, -0.25) is 9.36 Å². The van der Waals surface area contributed by atoms with E-state index in [1.54, 1.807) is 17.0 Å². The van der Waals surface area contributed by atoms with Crippen LogP contribution in [-0.2, 0) is 20.7 Å². The highest BCUT2D eigenvalue weighted by Gasteiger charge is 2.42. The largest absolute Gasteiger partial charge is 0.480 e. The Morgan fingerprint density at radius 3 is 2.79 bits per heavy atom. The second-order valence-corrected chi connectivity index (χ2v) is 13.2. The maximum atomic E-state index is 13.2. The molecule has 9 rings (SSSR count). The molecule has 0 saturated carbocycles. The highest BCUT2D eigenvalue weighted by molar-refractivity contribution is 6.31. The van der Waals surface area contributed by atoms with Gasteiger partial charge < -0.3 is 28.8 Å². The number of hydrogen-bond donors (Lipinski definition) is 1. The normalized spacial score (nSPS) is 24.2. The molecule has 12 nitrogen and oxygen atoms in total. The number of aromatic nitrogens is 4. The molecule has 0 radical (unpaired) electrons. The van der Waals surface area contributed by atoms with E-state index in [2.05, 4.69) is 11.5 Å². The minimum absolute atomic E-state index is 0.0505. The fourth-order valence-electron chi connectivity index (χ4n) is 7.37. The van der Waals surface area contributed by atoms with Crippen LogP contribution in [0.5, 0.6) is 6.01 Å². The molecule has 1 N–H and O–H groups in total. The number of carbonyl (C=O) groups is 2. The number of amides is 1. The van der Waals surface area contributed by atoms with Crippen LogP contribution in [0.4, 0.5) is 5.82 Å². The SMILES string of the molecule is C[C@H]1CN2CC[C@@H]1n1c(nc3ccccc31)O[C@H]1C[C@@H](C(=O)O)N(C1)c1nc(nc3c1oc1cc(Cl)ccc13)CCOCCCC2=O. The molecule has 2 fully saturated rings. The Morgan fingerprint density at radius 2 is 1.94 bits per heavy atom. The zero-order chi connectivity index (χ0) is 32.2. The van der Waals surface area contributed by atoms with E-state index >= 15 is 0 Å². The quantitative estimate of drug-likeness (QED) is 0.254. The number of fused-ring (bicyclic) bond motifs is 12. The van der Waals surface area contributed by atoms with Crippen LogP contribution in [0.2, 0.25) is 5.02 Å². The van der Waals surface area contributed by atoms with Crippen LogP contribution in [-0.4, -0.2) is 86.4 Å². The van der Waals surface area contributed by atoms with Gasteiger partial charge in [0.1, 0.15) is 29.1 Å². The van der Waals surface area contributed by atoms with Crippen molar-refractivity contribution in [2.75, 3.05) is 37.7 Å². The molecule has 0 unspecified atom stereocenters. The minimum atomic E-state index is -0.982. The van der Waals surface area contributed by atoms with Crippen molar-refractivity contribution >= 4 is 62.4 Å². The van der Waals surface area contributed by atoms with E-state index in [1.165, 1.54) is 0 Å². The molecule has 0 spiro atoms. The molecule has 0 aliphatic carbocycles. The number of carboxylic acid groups (broad SMARTS) is 1. The predicted octanol–water partition coefficient (Wildman–Crippen LogP) is 5.25. The number of imidazole rings is 1. The molecule has 2 saturated heterocycles. The molecule has 4 aliphatic rings. The van der Waals surface area contributed by atoms with Crippen molar-refractivity contribution in [1.29, 1.82) is 0 Å². The smallest absolute Gasteiger partial charge is 0.326 e. The predicted molar refractivity (Wildman–Crippen MR) is 175 cm³/mol. The molecule has 6 bridgehead atoms. The van der Waals surface area contributed by atoms with E-state index in [0.29, 0.717) is 84.9 Å². The average molecular weight is 659 g/mol. The molecule has 5 aromatic rings. The summed E-state index contributed by atoms with van der Waals surface area (Å²) in [6.45, 7) is 4.49. The van der Waals surface area contributed by atoms with Crippen LogP contribution < -0.4 is 9.64 Å². The van der Waals surface area contributed by atoms with E-state index in [-0.39, 0.29) is 30.8 Å². The van der Waals surface area contributed by atoms with Crippen molar-refractivity contribution in [1.82, 2.24) is 24.4 Å². The third kappa shape index (κ3) is 5.42. The number of para-hydroxylation sites is 2. The number of carbonyl (C=O) groups excluding carboxylic acids is 1. The highest BCUT2D eigenvalue weighted by Crippen LogP contribution is 2.40. The van der Waals surface area contributed by atoms with Gasteiger partial charge in [0.2, 0.25) is 5.91 Å². The Bertz CT molecular complexity index is 2010. The lowest BCUT2D eigenvalue weighted by Gasteiger charge is -2.38. The molecular formula is C34H35ClN6O6. The highest BCUT2D eigenvalue weighted by atomic mass is 35.5. The van der Waals surface area contributed by atoms with Crippen LogP contribution in [0, 0.1) is 5.92 Å². The first-order valence-electron chi connectivity index (χ1n) is 16.2. The molecule has 13 heteroatoms. The van der Waals surface area contributed by atoms with Crippen LogP contribution in [0.1, 0.15) is 44.5 Å². The number of nitrogens with zero attached hydrogens (tertiary/aromatic N) is 6. The van der Waals surface area contributed by atoms with Crippen molar-refractivity contribution in [2.45, 2.75) is 57.2 Å².